The van der Waals surface area contributed by atoms with Gasteiger partial charge in [-0.25, -0.2) is 0 Å². The zero-order valence-electron chi connectivity index (χ0n) is 12.0. The Kier molecular flexibility index (Phi) is 3.96. The monoisotopic (exact) mass is 300 g/mol. The van der Waals surface area contributed by atoms with Gasteiger partial charge in [-0.2, -0.15) is 9.61 Å². The van der Waals surface area contributed by atoms with Crippen LogP contribution in [0.15, 0.2) is 24.3 Å². The lowest BCUT2D eigenvalue weighted by atomic mass is 10.2. The van der Waals surface area contributed by atoms with Crippen molar-refractivity contribution < 1.29 is 4.74 Å². The number of hydrogen-bond acceptors (Lipinski definition) is 5. The number of para-hydroxylation sites is 1. The minimum atomic E-state index is 0.832. The van der Waals surface area contributed by atoms with Crippen LogP contribution in [0.2, 0.25) is 0 Å². The zero-order valence-corrected chi connectivity index (χ0v) is 12.8. The van der Waals surface area contributed by atoms with Crippen LogP contribution in [0.1, 0.15) is 29.7 Å². The van der Waals surface area contributed by atoms with Crippen LogP contribution in [-0.4, -0.2) is 26.9 Å². The molecule has 2 heterocycles. The summed E-state index contributed by atoms with van der Waals surface area (Å²) in [5.74, 6) is 1.77. The summed E-state index contributed by atoms with van der Waals surface area (Å²) < 4.78 is 7.16. The Morgan fingerprint density at radius 3 is 2.90 bits per heavy atom. The number of fused-ring (bicyclic) bond motifs is 1. The molecule has 0 bridgehead atoms. The van der Waals surface area contributed by atoms with E-state index in [-0.39, 0.29) is 0 Å². The Morgan fingerprint density at radius 1 is 1.24 bits per heavy atom. The Labute approximate surface area is 126 Å². The molecule has 3 aromatic rings. The molecule has 6 heteroatoms. The van der Waals surface area contributed by atoms with E-state index >= 15 is 0 Å². The molecule has 0 fully saturated rings. The maximum Gasteiger partial charge on any atom is 0.234 e. The van der Waals surface area contributed by atoms with Crippen molar-refractivity contribution in [2.24, 2.45) is 0 Å². The van der Waals surface area contributed by atoms with Crippen LogP contribution in [-0.2, 0) is 6.42 Å². The average molecular weight is 300 g/mol. The lowest BCUT2D eigenvalue weighted by molar-refractivity contribution is 0.414. The number of hydrogen-bond donors (Lipinski definition) is 0. The molecule has 0 radical (unpaired) electrons. The van der Waals surface area contributed by atoms with Gasteiger partial charge < -0.3 is 4.74 Å². The Morgan fingerprint density at radius 2 is 2.10 bits per heavy atom. The van der Waals surface area contributed by atoms with Gasteiger partial charge in [0.15, 0.2) is 5.82 Å². The topological polar surface area (TPSA) is 52.3 Å². The molecule has 0 aliphatic heterocycles. The van der Waals surface area contributed by atoms with Crippen molar-refractivity contribution in [3.63, 3.8) is 0 Å². The molecule has 0 N–H and O–H groups in total. The molecule has 0 amide bonds. The first-order chi connectivity index (χ1) is 10.3. The highest BCUT2D eigenvalue weighted by Gasteiger charge is 2.09. The molecule has 1 aromatic carbocycles. The molecule has 0 aliphatic rings. The molecule has 0 atom stereocenters. The number of benzene rings is 1. The number of methoxy groups -OCH3 is 1. The number of ether oxygens (including phenoxy) is 1. The van der Waals surface area contributed by atoms with Crippen LogP contribution in [0.5, 0.6) is 5.75 Å². The summed E-state index contributed by atoms with van der Waals surface area (Å²) in [5.41, 5.74) is 1.03. The van der Waals surface area contributed by atoms with Gasteiger partial charge in [0.2, 0.25) is 4.96 Å². The van der Waals surface area contributed by atoms with Crippen LogP contribution in [0.4, 0.5) is 0 Å². The molecular weight excluding hydrogens is 284 g/mol. The van der Waals surface area contributed by atoms with Gasteiger partial charge in [0.05, 0.1) is 7.11 Å². The van der Waals surface area contributed by atoms with Crippen molar-refractivity contribution in [3.05, 3.63) is 40.7 Å². The van der Waals surface area contributed by atoms with E-state index in [1.54, 1.807) is 7.11 Å². The summed E-state index contributed by atoms with van der Waals surface area (Å²) in [6.07, 6.45) is 5.90. The molecule has 108 valence electrons. The maximum absolute atomic E-state index is 5.33. The van der Waals surface area contributed by atoms with E-state index in [9.17, 15) is 0 Å². The van der Waals surface area contributed by atoms with Crippen LogP contribution >= 0.6 is 11.3 Å². The van der Waals surface area contributed by atoms with Crippen molar-refractivity contribution >= 4 is 28.4 Å². The molecule has 0 spiro atoms. The van der Waals surface area contributed by atoms with E-state index in [1.807, 2.05) is 40.9 Å². The number of aryl methyl sites for hydroxylation is 1. The van der Waals surface area contributed by atoms with Crippen molar-refractivity contribution in [1.82, 2.24) is 19.8 Å². The normalized spacial score (nSPS) is 11.5. The highest BCUT2D eigenvalue weighted by Crippen LogP contribution is 2.22. The number of rotatable bonds is 5. The molecule has 2 aromatic heterocycles. The second kappa shape index (κ2) is 6.05. The molecular formula is C15H16N4OS. The molecule has 21 heavy (non-hydrogen) atoms. The number of nitrogens with zero attached hydrogens (tertiary/aromatic N) is 4. The van der Waals surface area contributed by atoms with E-state index in [0.717, 1.165) is 39.9 Å². The third-order valence-corrected chi connectivity index (χ3v) is 3.95. The summed E-state index contributed by atoms with van der Waals surface area (Å²) in [6, 6.07) is 7.90. The van der Waals surface area contributed by atoms with Gasteiger partial charge in [-0.1, -0.05) is 36.5 Å². The molecule has 5 nitrogen and oxygen atoms in total. The fourth-order valence-electron chi connectivity index (χ4n) is 2.08. The second-order valence-corrected chi connectivity index (χ2v) is 5.56. The minimum Gasteiger partial charge on any atom is -0.496 e. The smallest absolute Gasteiger partial charge is 0.234 e. The maximum atomic E-state index is 5.33. The third kappa shape index (κ3) is 2.80. The highest BCUT2D eigenvalue weighted by atomic mass is 32.1. The lowest BCUT2D eigenvalue weighted by Crippen LogP contribution is -1.94. The predicted molar refractivity (Wildman–Crippen MR) is 84.6 cm³/mol. The van der Waals surface area contributed by atoms with Gasteiger partial charge in [-0.05, 0) is 24.6 Å². The Bertz CT molecular complexity index is 775. The SMILES string of the molecule is CCCc1nnc2sc(/C=C\c3ccccc3OC)nn12. The van der Waals surface area contributed by atoms with Crippen molar-refractivity contribution in [2.45, 2.75) is 19.8 Å². The van der Waals surface area contributed by atoms with E-state index in [2.05, 4.69) is 22.2 Å². The first kappa shape index (κ1) is 13.8. The Hall–Kier alpha value is -2.21. The van der Waals surface area contributed by atoms with Crippen LogP contribution in [0.3, 0.4) is 0 Å². The van der Waals surface area contributed by atoms with Crippen molar-refractivity contribution in [1.29, 1.82) is 0 Å². The minimum absolute atomic E-state index is 0.832. The molecule has 0 unspecified atom stereocenters. The third-order valence-electron chi connectivity index (χ3n) is 3.09. The standard InChI is InChI=1S/C15H16N4OS/c1-3-6-13-16-17-15-19(13)18-14(21-15)10-9-11-7-4-5-8-12(11)20-2/h4-5,7-10H,3,6H2,1-2H3/b10-9-. The summed E-state index contributed by atoms with van der Waals surface area (Å²) in [7, 11) is 1.67. The first-order valence-corrected chi connectivity index (χ1v) is 7.65. The summed E-state index contributed by atoms with van der Waals surface area (Å²) in [6.45, 7) is 2.12. The molecule has 3 rings (SSSR count). The lowest BCUT2D eigenvalue weighted by Gasteiger charge is -2.02. The van der Waals surface area contributed by atoms with Gasteiger partial charge in [-0.15, -0.1) is 10.2 Å². The largest absolute Gasteiger partial charge is 0.496 e. The van der Waals surface area contributed by atoms with E-state index in [1.165, 1.54) is 11.3 Å². The van der Waals surface area contributed by atoms with Crippen LogP contribution in [0.25, 0.3) is 17.1 Å². The fourth-order valence-corrected chi connectivity index (χ4v) is 2.84. The van der Waals surface area contributed by atoms with Gasteiger partial charge in [-0.3, -0.25) is 0 Å². The summed E-state index contributed by atoms with van der Waals surface area (Å²) in [4.78, 5) is 0.832. The van der Waals surface area contributed by atoms with Crippen LogP contribution in [0, 0.1) is 0 Å². The van der Waals surface area contributed by atoms with Crippen LogP contribution < -0.4 is 4.74 Å². The van der Waals surface area contributed by atoms with Crippen molar-refractivity contribution in [2.75, 3.05) is 7.11 Å². The fraction of sp³-hybridized carbons (Fsp3) is 0.267. The first-order valence-electron chi connectivity index (χ1n) is 6.84. The molecule has 0 saturated carbocycles. The predicted octanol–water partition coefficient (Wildman–Crippen LogP) is 3.32. The van der Waals surface area contributed by atoms with E-state index in [4.69, 9.17) is 4.74 Å². The van der Waals surface area contributed by atoms with Gasteiger partial charge in [0.25, 0.3) is 0 Å². The van der Waals surface area contributed by atoms with E-state index in [0.29, 0.717) is 0 Å². The Balaban J connectivity index is 1.89. The highest BCUT2D eigenvalue weighted by molar-refractivity contribution is 7.17. The van der Waals surface area contributed by atoms with Gasteiger partial charge in [0, 0.05) is 12.0 Å². The number of aromatic nitrogens is 4. The average Bonchev–Trinajstić information content (AvgIpc) is 3.07. The van der Waals surface area contributed by atoms with Gasteiger partial charge in [0.1, 0.15) is 10.8 Å². The second-order valence-electron chi connectivity index (χ2n) is 4.58. The molecule has 0 aliphatic carbocycles. The van der Waals surface area contributed by atoms with Crippen molar-refractivity contribution in [3.8, 4) is 5.75 Å². The molecule has 0 saturated heterocycles. The van der Waals surface area contributed by atoms with Gasteiger partial charge >= 0.3 is 0 Å². The van der Waals surface area contributed by atoms with E-state index < -0.39 is 0 Å². The quantitative estimate of drug-likeness (QED) is 0.725. The zero-order chi connectivity index (χ0) is 14.7. The summed E-state index contributed by atoms with van der Waals surface area (Å²) >= 11 is 1.53. The summed E-state index contributed by atoms with van der Waals surface area (Å²) in [5, 5.41) is 13.8.